The maximum atomic E-state index is 13.4. The molecule has 0 amide bonds. The van der Waals surface area contributed by atoms with Crippen molar-refractivity contribution in [2.45, 2.75) is 11.1 Å². The number of aromatic nitrogens is 1. The maximum Gasteiger partial charge on any atom is 0.421 e. The van der Waals surface area contributed by atoms with E-state index >= 15 is 0 Å². The lowest BCUT2D eigenvalue weighted by atomic mass is 10.0. The lowest BCUT2D eigenvalue weighted by Crippen LogP contribution is -2.14. The number of thioether (sulfide) groups is 1. The van der Waals surface area contributed by atoms with Gasteiger partial charge in [0.25, 0.3) is 0 Å². The van der Waals surface area contributed by atoms with Crippen molar-refractivity contribution in [2.75, 3.05) is 6.26 Å². The molecular weight excluding hydrogens is 409 g/mol. The van der Waals surface area contributed by atoms with Crippen LogP contribution < -0.4 is 0 Å². The summed E-state index contributed by atoms with van der Waals surface area (Å²) in [5.74, 6) is -1.52. The van der Waals surface area contributed by atoms with Gasteiger partial charge in [0, 0.05) is 22.4 Å². The lowest BCUT2D eigenvalue weighted by Gasteiger charge is -2.09. The van der Waals surface area contributed by atoms with E-state index in [1.165, 1.54) is 11.3 Å². The predicted octanol–water partition coefficient (Wildman–Crippen LogP) is 6.41. The number of alkyl halides is 3. The van der Waals surface area contributed by atoms with Gasteiger partial charge in [-0.3, -0.25) is 0 Å². The Labute approximate surface area is 167 Å². The number of thiophene rings is 1. The van der Waals surface area contributed by atoms with Crippen molar-refractivity contribution in [1.82, 2.24) is 4.57 Å². The van der Waals surface area contributed by atoms with Crippen molar-refractivity contribution in [3.05, 3.63) is 58.5 Å². The van der Waals surface area contributed by atoms with Gasteiger partial charge in [-0.15, -0.1) is 23.1 Å². The summed E-state index contributed by atoms with van der Waals surface area (Å²) in [6.45, 7) is 7.23. The summed E-state index contributed by atoms with van der Waals surface area (Å²) >= 11 is 3.12. The number of hydrogen-bond acceptors (Lipinski definition) is 3. The minimum Gasteiger partial charge on any atom is -0.477 e. The Morgan fingerprint density at radius 2 is 1.82 bits per heavy atom. The zero-order valence-electron chi connectivity index (χ0n) is 14.7. The van der Waals surface area contributed by atoms with Crippen LogP contribution in [-0.2, 0) is 13.2 Å². The fourth-order valence-corrected chi connectivity index (χ4v) is 4.87. The van der Waals surface area contributed by atoms with Crippen LogP contribution in [0.3, 0.4) is 0 Å². The van der Waals surface area contributed by atoms with Gasteiger partial charge in [-0.25, -0.2) is 9.64 Å². The van der Waals surface area contributed by atoms with Crippen LogP contribution in [-0.4, -0.2) is 21.9 Å². The number of nitrogens with zero attached hydrogens (tertiary/aromatic N) is 2. The molecule has 0 radical (unpaired) electrons. The number of halogens is 3. The van der Waals surface area contributed by atoms with Crippen molar-refractivity contribution in [2.24, 2.45) is 7.05 Å². The normalized spacial score (nSPS) is 11.4. The highest BCUT2D eigenvalue weighted by Gasteiger charge is 2.41. The minimum absolute atomic E-state index is 0.222. The molecule has 1 aromatic carbocycles. The molecule has 0 saturated carbocycles. The molecule has 3 aromatic rings. The highest BCUT2D eigenvalue weighted by molar-refractivity contribution is 7.98. The standard InChI is InChI=1S/C19H13F3N2O2S2/c1-23-14-13(15(18(25)26)24(2)17(14)19(20,21)22)10-4-6-11(7-5-10)16-12(27-3)8-9-28-16/h4-9H,2-3H3,(H,25,26). The smallest absolute Gasteiger partial charge is 0.421 e. The van der Waals surface area contributed by atoms with Crippen LogP contribution in [0, 0.1) is 6.57 Å². The van der Waals surface area contributed by atoms with E-state index in [2.05, 4.69) is 4.85 Å². The van der Waals surface area contributed by atoms with E-state index in [0.29, 0.717) is 4.57 Å². The third-order valence-electron chi connectivity index (χ3n) is 4.24. The molecule has 9 heteroatoms. The molecular formula is C19H13F3N2O2S2. The number of carbonyl (C=O) groups is 1. The van der Waals surface area contributed by atoms with E-state index in [4.69, 9.17) is 6.57 Å². The first-order chi connectivity index (χ1) is 13.2. The van der Waals surface area contributed by atoms with Crippen molar-refractivity contribution in [3.63, 3.8) is 0 Å². The van der Waals surface area contributed by atoms with Crippen LogP contribution in [0.5, 0.6) is 0 Å². The summed E-state index contributed by atoms with van der Waals surface area (Å²) in [5, 5.41) is 11.4. The molecule has 0 bridgehead atoms. The van der Waals surface area contributed by atoms with E-state index in [1.54, 1.807) is 36.0 Å². The third-order valence-corrected chi connectivity index (χ3v) is 6.11. The number of carboxylic acid groups (broad SMARTS) is 1. The molecule has 2 aromatic heterocycles. The summed E-state index contributed by atoms with van der Waals surface area (Å²) in [5.41, 5.74) is -1.63. The van der Waals surface area contributed by atoms with Gasteiger partial charge in [0.15, 0.2) is 0 Å². The Morgan fingerprint density at radius 1 is 1.21 bits per heavy atom. The molecule has 2 heterocycles. The van der Waals surface area contributed by atoms with Gasteiger partial charge < -0.3 is 9.67 Å². The van der Waals surface area contributed by atoms with E-state index in [9.17, 15) is 23.1 Å². The van der Waals surface area contributed by atoms with Crippen LogP contribution in [0.25, 0.3) is 26.4 Å². The molecule has 3 rings (SSSR count). The molecule has 4 nitrogen and oxygen atoms in total. The fraction of sp³-hybridized carbons (Fsp3) is 0.158. The number of rotatable bonds is 4. The fourth-order valence-electron chi connectivity index (χ4n) is 3.08. The zero-order valence-corrected chi connectivity index (χ0v) is 16.3. The molecule has 28 heavy (non-hydrogen) atoms. The lowest BCUT2D eigenvalue weighted by molar-refractivity contribution is -0.142. The van der Waals surface area contributed by atoms with Crippen molar-refractivity contribution < 1.29 is 23.1 Å². The average Bonchev–Trinajstić information content (AvgIpc) is 3.22. The largest absolute Gasteiger partial charge is 0.477 e. The van der Waals surface area contributed by atoms with Gasteiger partial charge in [-0.1, -0.05) is 24.3 Å². The molecule has 0 aliphatic rings. The number of benzene rings is 1. The molecule has 0 atom stereocenters. The number of hydrogen-bond donors (Lipinski definition) is 1. The summed E-state index contributed by atoms with van der Waals surface area (Å²) in [6.07, 6.45) is -2.90. The first-order valence-corrected chi connectivity index (χ1v) is 9.94. The first kappa shape index (κ1) is 20.0. The number of carboxylic acids is 1. The Balaban J connectivity index is 2.21. The van der Waals surface area contributed by atoms with Crippen LogP contribution >= 0.6 is 23.1 Å². The summed E-state index contributed by atoms with van der Waals surface area (Å²) in [6, 6.07) is 8.53. The monoisotopic (exact) mass is 422 g/mol. The second-order valence-corrected chi connectivity index (χ2v) is 7.55. The second-order valence-electron chi connectivity index (χ2n) is 5.79. The molecule has 0 unspecified atom stereocenters. The summed E-state index contributed by atoms with van der Waals surface area (Å²) in [4.78, 5) is 16.8. The molecule has 0 aliphatic heterocycles. The Morgan fingerprint density at radius 3 is 2.32 bits per heavy atom. The van der Waals surface area contributed by atoms with E-state index in [-0.39, 0.29) is 11.1 Å². The minimum atomic E-state index is -4.85. The Kier molecular flexibility index (Phi) is 5.28. The summed E-state index contributed by atoms with van der Waals surface area (Å²) < 4.78 is 40.9. The van der Waals surface area contributed by atoms with Gasteiger partial charge >= 0.3 is 12.1 Å². The van der Waals surface area contributed by atoms with Crippen molar-refractivity contribution in [1.29, 1.82) is 0 Å². The van der Waals surface area contributed by atoms with Gasteiger partial charge in [-0.05, 0) is 28.8 Å². The summed E-state index contributed by atoms with van der Waals surface area (Å²) in [7, 11) is 1.01. The predicted molar refractivity (Wildman–Crippen MR) is 104 cm³/mol. The quantitative estimate of drug-likeness (QED) is 0.390. The van der Waals surface area contributed by atoms with Gasteiger partial charge in [0.05, 0.1) is 6.57 Å². The highest BCUT2D eigenvalue weighted by atomic mass is 32.2. The maximum absolute atomic E-state index is 13.4. The van der Waals surface area contributed by atoms with Gasteiger partial charge in [0.1, 0.15) is 11.4 Å². The van der Waals surface area contributed by atoms with Crippen LogP contribution in [0.2, 0.25) is 0 Å². The Bertz CT molecular complexity index is 1090. The molecule has 0 fully saturated rings. The zero-order chi connectivity index (χ0) is 20.6. The Hall–Kier alpha value is -2.70. The van der Waals surface area contributed by atoms with E-state index < -0.39 is 29.2 Å². The SMILES string of the molecule is [C-]#[N+]c1c(-c2ccc(-c3sccc3SC)cc2)c(C(=O)O)n(C)c1C(F)(F)F. The first-order valence-electron chi connectivity index (χ1n) is 7.83. The van der Waals surface area contributed by atoms with Crippen molar-refractivity contribution in [3.8, 4) is 21.6 Å². The molecule has 0 saturated heterocycles. The van der Waals surface area contributed by atoms with E-state index in [1.807, 2.05) is 17.7 Å². The highest BCUT2D eigenvalue weighted by Crippen LogP contribution is 2.46. The average molecular weight is 422 g/mol. The number of aromatic carboxylic acids is 1. The van der Waals surface area contributed by atoms with Gasteiger partial charge in [-0.2, -0.15) is 13.2 Å². The van der Waals surface area contributed by atoms with Gasteiger partial charge in [0.2, 0.25) is 5.69 Å². The van der Waals surface area contributed by atoms with Crippen LogP contribution in [0.1, 0.15) is 16.2 Å². The topological polar surface area (TPSA) is 46.6 Å². The van der Waals surface area contributed by atoms with Crippen LogP contribution in [0.15, 0.2) is 40.6 Å². The van der Waals surface area contributed by atoms with E-state index in [0.717, 1.165) is 22.4 Å². The molecule has 144 valence electrons. The molecule has 1 N–H and O–H groups in total. The van der Waals surface area contributed by atoms with Crippen molar-refractivity contribution >= 4 is 34.8 Å². The molecule has 0 aliphatic carbocycles. The molecule has 0 spiro atoms. The third kappa shape index (κ3) is 3.30. The van der Waals surface area contributed by atoms with Crippen LogP contribution in [0.4, 0.5) is 18.9 Å². The second kappa shape index (κ2) is 7.37.